The number of hydrogen-bond acceptors (Lipinski definition) is 3. The number of benzene rings is 1. The van der Waals surface area contributed by atoms with Crippen molar-refractivity contribution in [1.82, 2.24) is 20.4 Å². The first-order valence-electron chi connectivity index (χ1n) is 7.91. The van der Waals surface area contributed by atoms with E-state index in [9.17, 15) is 9.90 Å². The number of urea groups is 1. The van der Waals surface area contributed by atoms with Gasteiger partial charge in [0.1, 0.15) is 0 Å². The van der Waals surface area contributed by atoms with E-state index in [1.54, 1.807) is 4.68 Å². The van der Waals surface area contributed by atoms with Crippen LogP contribution in [-0.4, -0.2) is 33.6 Å². The molecule has 1 heterocycles. The molecule has 0 saturated heterocycles. The second kappa shape index (κ2) is 6.83. The van der Waals surface area contributed by atoms with Crippen LogP contribution >= 0.6 is 0 Å². The number of carbonyl (C=O) groups excluding carboxylic acids is 1. The molecule has 2 aromatic rings. The Labute approximate surface area is 135 Å². The van der Waals surface area contributed by atoms with Gasteiger partial charge < -0.3 is 15.7 Å². The normalized spacial score (nSPS) is 19.4. The molecule has 6 nitrogen and oxygen atoms in total. The van der Waals surface area contributed by atoms with Crippen molar-refractivity contribution in [2.45, 2.75) is 31.4 Å². The summed E-state index contributed by atoms with van der Waals surface area (Å²) < 4.78 is 1.77. The summed E-state index contributed by atoms with van der Waals surface area (Å²) in [4.78, 5) is 12.0. The fourth-order valence-corrected chi connectivity index (χ4v) is 3.04. The molecule has 2 amide bonds. The average Bonchev–Trinajstić information content (AvgIpc) is 3.08. The maximum absolute atomic E-state index is 12.0. The Morgan fingerprint density at radius 2 is 2.26 bits per heavy atom. The highest BCUT2D eigenvalue weighted by molar-refractivity contribution is 5.74. The maximum Gasteiger partial charge on any atom is 0.315 e. The zero-order valence-electron chi connectivity index (χ0n) is 13.2. The fourth-order valence-electron chi connectivity index (χ4n) is 3.04. The van der Waals surface area contributed by atoms with Gasteiger partial charge in [-0.3, -0.25) is 4.68 Å². The molecule has 2 unspecified atom stereocenters. The molecule has 1 aromatic carbocycles. The molecule has 0 saturated carbocycles. The molecule has 3 N–H and O–H groups in total. The highest BCUT2D eigenvalue weighted by Crippen LogP contribution is 2.30. The lowest BCUT2D eigenvalue weighted by Gasteiger charge is -2.18. The highest BCUT2D eigenvalue weighted by atomic mass is 16.3. The van der Waals surface area contributed by atoms with Crippen molar-refractivity contribution < 1.29 is 9.90 Å². The minimum Gasteiger partial charge on any atom is -0.390 e. The van der Waals surface area contributed by atoms with Crippen molar-refractivity contribution in [2.24, 2.45) is 7.05 Å². The summed E-state index contributed by atoms with van der Waals surface area (Å²) >= 11 is 0. The number of aryl methyl sites for hydroxylation is 2. The van der Waals surface area contributed by atoms with Crippen LogP contribution in [0.15, 0.2) is 36.7 Å². The van der Waals surface area contributed by atoms with Gasteiger partial charge in [0.05, 0.1) is 18.3 Å². The van der Waals surface area contributed by atoms with Crippen LogP contribution in [0.1, 0.15) is 29.2 Å². The zero-order valence-corrected chi connectivity index (χ0v) is 13.2. The van der Waals surface area contributed by atoms with Crippen molar-refractivity contribution in [1.29, 1.82) is 0 Å². The lowest BCUT2D eigenvalue weighted by Crippen LogP contribution is -2.41. The summed E-state index contributed by atoms with van der Waals surface area (Å²) in [6.45, 7) is 0.588. The van der Waals surface area contributed by atoms with E-state index in [4.69, 9.17) is 0 Å². The van der Waals surface area contributed by atoms with E-state index < -0.39 is 6.10 Å². The van der Waals surface area contributed by atoms with Gasteiger partial charge in [0.15, 0.2) is 0 Å². The number of amides is 2. The van der Waals surface area contributed by atoms with E-state index in [0.717, 1.165) is 29.5 Å². The Balaban J connectivity index is 1.44. The number of aliphatic hydroxyl groups excluding tert-OH is 1. The second-order valence-electron chi connectivity index (χ2n) is 5.97. The lowest BCUT2D eigenvalue weighted by atomic mass is 10.1. The van der Waals surface area contributed by atoms with Crippen molar-refractivity contribution in [3.8, 4) is 0 Å². The van der Waals surface area contributed by atoms with Gasteiger partial charge in [-0.1, -0.05) is 24.3 Å². The molecule has 0 bridgehead atoms. The van der Waals surface area contributed by atoms with Crippen molar-refractivity contribution in [3.05, 3.63) is 53.3 Å². The summed E-state index contributed by atoms with van der Waals surface area (Å²) in [6, 6.07) is 7.26. The third kappa shape index (κ3) is 3.71. The molecule has 1 aliphatic rings. The van der Waals surface area contributed by atoms with Crippen LogP contribution in [0.4, 0.5) is 4.79 Å². The van der Waals surface area contributed by atoms with Gasteiger partial charge in [-0.2, -0.15) is 5.10 Å². The molecular formula is C17H22N4O2. The minimum atomic E-state index is -0.562. The smallest absolute Gasteiger partial charge is 0.315 e. The molecule has 1 aromatic heterocycles. The Hall–Kier alpha value is -2.34. The third-order valence-corrected chi connectivity index (χ3v) is 4.18. The quantitative estimate of drug-likeness (QED) is 0.728. The number of rotatable bonds is 5. The van der Waals surface area contributed by atoms with Gasteiger partial charge in [-0.25, -0.2) is 4.79 Å². The number of hydrogen-bond donors (Lipinski definition) is 3. The summed E-state index contributed by atoms with van der Waals surface area (Å²) in [5.41, 5.74) is 3.27. The van der Waals surface area contributed by atoms with Crippen LogP contribution in [0.5, 0.6) is 0 Å². The third-order valence-electron chi connectivity index (χ3n) is 4.18. The van der Waals surface area contributed by atoms with E-state index >= 15 is 0 Å². The van der Waals surface area contributed by atoms with Crippen LogP contribution in [0.3, 0.4) is 0 Å². The van der Waals surface area contributed by atoms with Gasteiger partial charge in [-0.05, 0) is 29.5 Å². The van der Waals surface area contributed by atoms with Crippen LogP contribution in [0.2, 0.25) is 0 Å². The number of aliphatic hydroxyl groups is 1. The monoisotopic (exact) mass is 314 g/mol. The van der Waals surface area contributed by atoms with Crippen molar-refractivity contribution in [2.75, 3.05) is 6.54 Å². The van der Waals surface area contributed by atoms with Crippen molar-refractivity contribution >= 4 is 6.03 Å². The number of nitrogens with zero attached hydrogens (tertiary/aromatic N) is 2. The standard InChI is InChI=1S/C17H22N4O2/c1-21-11-12(10-19-21)5-4-8-18-17(23)20-16-14-7-3-2-6-13(14)9-15(16)22/h2-3,6-7,10-11,15-16,22H,4-5,8-9H2,1H3,(H2,18,20,23). The van der Waals surface area contributed by atoms with E-state index in [-0.39, 0.29) is 12.1 Å². The number of fused-ring (bicyclic) bond motifs is 1. The van der Waals surface area contributed by atoms with Crippen molar-refractivity contribution in [3.63, 3.8) is 0 Å². The fraction of sp³-hybridized carbons (Fsp3) is 0.412. The molecule has 122 valence electrons. The van der Waals surface area contributed by atoms with Crippen LogP contribution in [0.25, 0.3) is 0 Å². The van der Waals surface area contributed by atoms with E-state index in [2.05, 4.69) is 15.7 Å². The first kappa shape index (κ1) is 15.6. The molecule has 0 radical (unpaired) electrons. The van der Waals surface area contributed by atoms with Crippen LogP contribution in [-0.2, 0) is 19.9 Å². The molecule has 0 aliphatic heterocycles. The maximum atomic E-state index is 12.0. The van der Waals surface area contributed by atoms with Gasteiger partial charge in [0.2, 0.25) is 0 Å². The Kier molecular flexibility index (Phi) is 4.62. The second-order valence-corrected chi connectivity index (χ2v) is 5.97. The molecule has 0 fully saturated rings. The lowest BCUT2D eigenvalue weighted by molar-refractivity contribution is 0.142. The number of nitrogens with one attached hydrogen (secondary N) is 2. The Morgan fingerprint density at radius 3 is 3.04 bits per heavy atom. The first-order chi connectivity index (χ1) is 11.1. The molecule has 0 spiro atoms. The average molecular weight is 314 g/mol. The van der Waals surface area contributed by atoms with Crippen LogP contribution in [0, 0.1) is 0 Å². The number of carbonyl (C=O) groups is 1. The topological polar surface area (TPSA) is 79.2 Å². The molecular weight excluding hydrogens is 292 g/mol. The predicted molar refractivity (Wildman–Crippen MR) is 87.0 cm³/mol. The SMILES string of the molecule is Cn1cc(CCCNC(=O)NC2c3ccccc3CC2O)cn1. The van der Waals surface area contributed by atoms with E-state index in [1.807, 2.05) is 43.7 Å². The van der Waals surface area contributed by atoms with E-state index in [1.165, 1.54) is 0 Å². The van der Waals surface area contributed by atoms with Gasteiger partial charge >= 0.3 is 6.03 Å². The molecule has 2 atom stereocenters. The Morgan fingerprint density at radius 1 is 1.43 bits per heavy atom. The van der Waals surface area contributed by atoms with Gasteiger partial charge in [0, 0.05) is 26.2 Å². The van der Waals surface area contributed by atoms with Gasteiger partial charge in [0.25, 0.3) is 0 Å². The minimum absolute atomic E-state index is 0.239. The first-order valence-corrected chi connectivity index (χ1v) is 7.91. The van der Waals surface area contributed by atoms with Gasteiger partial charge in [-0.15, -0.1) is 0 Å². The molecule has 23 heavy (non-hydrogen) atoms. The predicted octanol–water partition coefficient (Wildman–Crippen LogP) is 1.31. The Bertz CT molecular complexity index is 683. The van der Waals surface area contributed by atoms with E-state index in [0.29, 0.717) is 13.0 Å². The summed E-state index contributed by atoms with van der Waals surface area (Å²) in [7, 11) is 1.89. The summed E-state index contributed by atoms with van der Waals surface area (Å²) in [5.74, 6) is 0. The molecule has 3 rings (SSSR count). The highest BCUT2D eigenvalue weighted by Gasteiger charge is 2.31. The zero-order chi connectivity index (χ0) is 16.2. The number of aromatic nitrogens is 2. The summed E-state index contributed by atoms with van der Waals surface area (Å²) in [5, 5.41) is 20.0. The largest absolute Gasteiger partial charge is 0.390 e. The molecule has 6 heteroatoms. The summed E-state index contributed by atoms with van der Waals surface area (Å²) in [6.07, 6.45) is 5.57. The van der Waals surface area contributed by atoms with Crippen LogP contribution < -0.4 is 10.6 Å². The molecule has 1 aliphatic carbocycles.